The molecular formula is C18H26N2O2. The van der Waals surface area contributed by atoms with E-state index in [4.69, 9.17) is 4.74 Å². The molecule has 1 heterocycles. The second-order valence-corrected chi connectivity index (χ2v) is 7.45. The standard InChI is InChI=1S/C18H26N2O2/c1-5-22-15-7-6-12(11-19-15)16(21)20-14-10-13-8-9-18(14,4)17(13,2)3/h6-7,11,13-14H,5,8-10H2,1-4H3,(H,20,21)/t13-,14-,18-/m1/s1. The second-order valence-electron chi connectivity index (χ2n) is 7.45. The van der Waals surface area contributed by atoms with E-state index in [1.54, 1.807) is 18.3 Å². The molecule has 2 saturated carbocycles. The van der Waals surface area contributed by atoms with E-state index in [1.807, 2.05) is 6.92 Å². The molecule has 2 fully saturated rings. The van der Waals surface area contributed by atoms with E-state index < -0.39 is 0 Å². The van der Waals surface area contributed by atoms with E-state index in [0.717, 1.165) is 12.3 Å². The Bertz CT molecular complexity index is 567. The smallest absolute Gasteiger partial charge is 0.253 e. The summed E-state index contributed by atoms with van der Waals surface area (Å²) >= 11 is 0. The summed E-state index contributed by atoms with van der Waals surface area (Å²) in [5.74, 6) is 1.26. The molecule has 1 N–H and O–H groups in total. The van der Waals surface area contributed by atoms with Gasteiger partial charge in [0.1, 0.15) is 0 Å². The molecule has 0 unspecified atom stereocenters. The summed E-state index contributed by atoms with van der Waals surface area (Å²) in [6, 6.07) is 3.80. The molecule has 1 aromatic heterocycles. The van der Waals surface area contributed by atoms with Gasteiger partial charge in [-0.3, -0.25) is 4.79 Å². The zero-order valence-electron chi connectivity index (χ0n) is 14.0. The summed E-state index contributed by atoms with van der Waals surface area (Å²) in [5.41, 5.74) is 1.11. The van der Waals surface area contributed by atoms with Crippen molar-refractivity contribution in [1.29, 1.82) is 0 Å². The van der Waals surface area contributed by atoms with Crippen molar-refractivity contribution in [2.24, 2.45) is 16.7 Å². The highest BCUT2D eigenvalue weighted by Gasteiger charge is 2.61. The van der Waals surface area contributed by atoms with Gasteiger partial charge in [0.15, 0.2) is 0 Å². The molecule has 1 aromatic rings. The highest BCUT2D eigenvalue weighted by atomic mass is 16.5. The van der Waals surface area contributed by atoms with Crippen LogP contribution in [0.2, 0.25) is 0 Å². The minimum absolute atomic E-state index is 0.0230. The molecular weight excluding hydrogens is 276 g/mol. The number of rotatable bonds is 4. The maximum atomic E-state index is 12.5. The monoisotopic (exact) mass is 302 g/mol. The summed E-state index contributed by atoms with van der Waals surface area (Å²) in [4.78, 5) is 16.7. The van der Waals surface area contributed by atoms with Gasteiger partial charge in [-0.25, -0.2) is 4.98 Å². The van der Waals surface area contributed by atoms with Crippen molar-refractivity contribution in [2.75, 3.05) is 6.61 Å². The number of amides is 1. The lowest BCUT2D eigenvalue weighted by Gasteiger charge is -2.39. The van der Waals surface area contributed by atoms with Gasteiger partial charge in [-0.1, -0.05) is 20.8 Å². The lowest BCUT2D eigenvalue weighted by Crippen LogP contribution is -2.46. The van der Waals surface area contributed by atoms with Gasteiger partial charge >= 0.3 is 0 Å². The van der Waals surface area contributed by atoms with Gasteiger partial charge in [0.25, 0.3) is 5.91 Å². The largest absolute Gasteiger partial charge is 0.478 e. The number of pyridine rings is 1. The Morgan fingerprint density at radius 2 is 2.18 bits per heavy atom. The second kappa shape index (κ2) is 5.25. The number of hydrogen-bond acceptors (Lipinski definition) is 3. The average molecular weight is 302 g/mol. The quantitative estimate of drug-likeness (QED) is 0.927. The van der Waals surface area contributed by atoms with Crippen molar-refractivity contribution in [1.82, 2.24) is 10.3 Å². The molecule has 0 aromatic carbocycles. The molecule has 2 aliphatic rings. The SMILES string of the molecule is CCOc1ccc(C(=O)N[C@@H]2C[C@H]3CC[C@@]2(C)C3(C)C)cn1. The number of aromatic nitrogens is 1. The van der Waals surface area contributed by atoms with Gasteiger partial charge in [-0.2, -0.15) is 0 Å². The topological polar surface area (TPSA) is 51.2 Å². The summed E-state index contributed by atoms with van der Waals surface area (Å²) in [6.45, 7) is 9.54. The van der Waals surface area contributed by atoms with Crippen LogP contribution in [-0.2, 0) is 0 Å². The van der Waals surface area contributed by atoms with Gasteiger partial charge in [0.05, 0.1) is 12.2 Å². The first kappa shape index (κ1) is 15.3. The summed E-state index contributed by atoms with van der Waals surface area (Å²) in [7, 11) is 0. The molecule has 2 bridgehead atoms. The van der Waals surface area contributed by atoms with Crippen LogP contribution in [-0.4, -0.2) is 23.5 Å². The molecule has 0 radical (unpaired) electrons. The van der Waals surface area contributed by atoms with Crippen LogP contribution in [0, 0.1) is 16.7 Å². The number of carbonyl (C=O) groups excluding carboxylic acids is 1. The molecule has 22 heavy (non-hydrogen) atoms. The van der Waals surface area contributed by atoms with E-state index in [2.05, 4.69) is 31.1 Å². The first-order valence-corrected chi connectivity index (χ1v) is 8.28. The van der Waals surface area contributed by atoms with Crippen molar-refractivity contribution in [3.63, 3.8) is 0 Å². The minimum Gasteiger partial charge on any atom is -0.478 e. The summed E-state index contributed by atoms with van der Waals surface area (Å²) in [6.07, 6.45) is 5.19. The molecule has 120 valence electrons. The average Bonchev–Trinajstić information content (AvgIpc) is 2.81. The van der Waals surface area contributed by atoms with Gasteiger partial charge in [-0.05, 0) is 49.0 Å². The summed E-state index contributed by atoms with van der Waals surface area (Å²) < 4.78 is 5.31. The molecule has 0 spiro atoms. The molecule has 4 heteroatoms. The molecule has 0 aliphatic heterocycles. The third kappa shape index (κ3) is 2.20. The van der Waals surface area contributed by atoms with Crippen molar-refractivity contribution in [3.05, 3.63) is 23.9 Å². The number of nitrogens with zero attached hydrogens (tertiary/aromatic N) is 1. The van der Waals surface area contributed by atoms with Crippen molar-refractivity contribution < 1.29 is 9.53 Å². The molecule has 2 aliphatic carbocycles. The van der Waals surface area contributed by atoms with Crippen LogP contribution in [0.4, 0.5) is 0 Å². The van der Waals surface area contributed by atoms with Crippen LogP contribution in [0.3, 0.4) is 0 Å². The Kier molecular flexibility index (Phi) is 3.66. The maximum Gasteiger partial charge on any atom is 0.253 e. The molecule has 4 nitrogen and oxygen atoms in total. The number of hydrogen-bond donors (Lipinski definition) is 1. The third-order valence-electron chi connectivity index (χ3n) is 6.39. The number of carbonyl (C=O) groups is 1. The Morgan fingerprint density at radius 3 is 2.68 bits per heavy atom. The molecule has 3 rings (SSSR count). The Morgan fingerprint density at radius 1 is 1.41 bits per heavy atom. The Labute approximate surface area is 132 Å². The first-order valence-electron chi connectivity index (χ1n) is 8.28. The fourth-order valence-electron chi connectivity index (χ4n) is 4.41. The van der Waals surface area contributed by atoms with Crippen LogP contribution in [0.25, 0.3) is 0 Å². The highest BCUT2D eigenvalue weighted by molar-refractivity contribution is 5.94. The van der Waals surface area contributed by atoms with Crippen LogP contribution < -0.4 is 10.1 Å². The molecule has 3 atom stereocenters. The predicted octanol–water partition coefficient (Wildman–Crippen LogP) is 3.42. The lowest BCUT2D eigenvalue weighted by molar-refractivity contribution is 0.0825. The van der Waals surface area contributed by atoms with E-state index in [0.29, 0.717) is 23.5 Å². The van der Waals surface area contributed by atoms with E-state index in [-0.39, 0.29) is 17.4 Å². The van der Waals surface area contributed by atoms with E-state index in [1.165, 1.54) is 12.8 Å². The van der Waals surface area contributed by atoms with Gasteiger partial charge in [-0.15, -0.1) is 0 Å². The molecule has 1 amide bonds. The number of ether oxygens (including phenoxy) is 1. The third-order valence-corrected chi connectivity index (χ3v) is 6.39. The van der Waals surface area contributed by atoms with E-state index in [9.17, 15) is 4.79 Å². The predicted molar refractivity (Wildman–Crippen MR) is 85.9 cm³/mol. The Hall–Kier alpha value is -1.58. The maximum absolute atomic E-state index is 12.5. The fourth-order valence-corrected chi connectivity index (χ4v) is 4.41. The van der Waals surface area contributed by atoms with Crippen molar-refractivity contribution in [2.45, 2.75) is 53.0 Å². The van der Waals surface area contributed by atoms with Gasteiger partial charge in [0.2, 0.25) is 5.88 Å². The zero-order chi connectivity index (χ0) is 16.0. The van der Waals surface area contributed by atoms with Gasteiger partial charge < -0.3 is 10.1 Å². The van der Waals surface area contributed by atoms with Crippen molar-refractivity contribution in [3.8, 4) is 5.88 Å². The lowest BCUT2D eigenvalue weighted by atomic mass is 9.69. The summed E-state index contributed by atoms with van der Waals surface area (Å²) in [5, 5.41) is 3.25. The first-order chi connectivity index (χ1) is 10.4. The fraction of sp³-hybridized carbons (Fsp3) is 0.667. The Balaban J connectivity index is 1.70. The van der Waals surface area contributed by atoms with Crippen LogP contribution in [0.15, 0.2) is 18.3 Å². The zero-order valence-corrected chi connectivity index (χ0v) is 14.0. The molecule has 0 saturated heterocycles. The van der Waals surface area contributed by atoms with Crippen LogP contribution in [0.5, 0.6) is 5.88 Å². The van der Waals surface area contributed by atoms with Crippen molar-refractivity contribution >= 4 is 5.91 Å². The number of fused-ring (bicyclic) bond motifs is 2. The minimum atomic E-state index is -0.0230. The van der Waals surface area contributed by atoms with Gasteiger partial charge in [0, 0.05) is 18.3 Å². The van der Waals surface area contributed by atoms with Crippen LogP contribution >= 0.6 is 0 Å². The van der Waals surface area contributed by atoms with E-state index >= 15 is 0 Å². The highest BCUT2D eigenvalue weighted by Crippen LogP contribution is 2.65. The van der Waals surface area contributed by atoms with Crippen LogP contribution in [0.1, 0.15) is 57.3 Å². The normalized spacial score (nSPS) is 32.0. The number of nitrogens with one attached hydrogen (secondary N) is 1.